The normalized spacial score (nSPS) is 13.8. The van der Waals surface area contributed by atoms with Crippen LogP contribution in [0.25, 0.3) is 0 Å². The van der Waals surface area contributed by atoms with Gasteiger partial charge in [-0.1, -0.05) is 6.07 Å². The molecule has 0 saturated carbocycles. The summed E-state index contributed by atoms with van der Waals surface area (Å²) in [6.07, 6.45) is 2.33. The number of anilines is 1. The highest BCUT2D eigenvalue weighted by Crippen LogP contribution is 2.29. The average Bonchev–Trinajstić information content (AvgIpc) is 2.43. The second-order valence-electron chi connectivity index (χ2n) is 5.30. The van der Waals surface area contributed by atoms with Crippen molar-refractivity contribution in [1.82, 2.24) is 4.90 Å². The van der Waals surface area contributed by atoms with Crippen molar-refractivity contribution in [3.63, 3.8) is 0 Å². The highest BCUT2D eigenvalue weighted by atomic mass is 16.2. The number of nitrogens with zero attached hydrogens (tertiary/aromatic N) is 2. The van der Waals surface area contributed by atoms with Gasteiger partial charge in [0.25, 0.3) is 0 Å². The van der Waals surface area contributed by atoms with Gasteiger partial charge in [0.2, 0.25) is 11.8 Å². The standard InChI is InChI=1S/C15H21N3O2/c1-17(2)14(19)8-10-18-9-4-6-11-12(15(16)20)5-3-7-13(11)18/h3,5,7H,4,6,8-10H2,1-2H3,(H2,16,20). The molecule has 0 bridgehead atoms. The van der Waals surface area contributed by atoms with Gasteiger partial charge >= 0.3 is 0 Å². The van der Waals surface area contributed by atoms with Crippen molar-refractivity contribution < 1.29 is 9.59 Å². The maximum Gasteiger partial charge on any atom is 0.249 e. The molecule has 0 saturated heterocycles. The summed E-state index contributed by atoms with van der Waals surface area (Å²) >= 11 is 0. The zero-order valence-corrected chi connectivity index (χ0v) is 12.1. The summed E-state index contributed by atoms with van der Waals surface area (Å²) in [6, 6.07) is 5.63. The molecule has 0 fully saturated rings. The lowest BCUT2D eigenvalue weighted by Gasteiger charge is -2.32. The molecule has 0 unspecified atom stereocenters. The lowest BCUT2D eigenvalue weighted by Crippen LogP contribution is -2.34. The lowest BCUT2D eigenvalue weighted by atomic mass is 9.95. The Bertz CT molecular complexity index is 526. The number of fused-ring (bicyclic) bond motifs is 1. The minimum Gasteiger partial charge on any atom is -0.371 e. The Hall–Kier alpha value is -2.04. The maximum absolute atomic E-state index is 11.7. The Morgan fingerprint density at radius 2 is 2.10 bits per heavy atom. The summed E-state index contributed by atoms with van der Waals surface area (Å²) in [4.78, 5) is 27.0. The molecule has 1 heterocycles. The fourth-order valence-corrected chi connectivity index (χ4v) is 2.62. The summed E-state index contributed by atoms with van der Waals surface area (Å²) in [7, 11) is 3.52. The van der Waals surface area contributed by atoms with Crippen LogP contribution in [0, 0.1) is 0 Å². The van der Waals surface area contributed by atoms with E-state index in [0.29, 0.717) is 18.5 Å². The number of nitrogens with two attached hydrogens (primary N) is 1. The zero-order chi connectivity index (χ0) is 14.7. The predicted octanol–water partition coefficient (Wildman–Crippen LogP) is 1.02. The topological polar surface area (TPSA) is 66.6 Å². The summed E-state index contributed by atoms with van der Waals surface area (Å²) in [5.41, 5.74) is 8.09. The Balaban J connectivity index is 2.18. The van der Waals surface area contributed by atoms with Crippen LogP contribution in [0.15, 0.2) is 18.2 Å². The van der Waals surface area contributed by atoms with Crippen LogP contribution in [0.5, 0.6) is 0 Å². The number of rotatable bonds is 4. The van der Waals surface area contributed by atoms with Crippen molar-refractivity contribution in [2.45, 2.75) is 19.3 Å². The lowest BCUT2D eigenvalue weighted by molar-refractivity contribution is -0.128. The van der Waals surface area contributed by atoms with Crippen molar-refractivity contribution in [3.05, 3.63) is 29.3 Å². The number of amides is 2. The molecule has 0 radical (unpaired) electrons. The van der Waals surface area contributed by atoms with Crippen LogP contribution in [0.3, 0.4) is 0 Å². The van der Waals surface area contributed by atoms with Crippen LogP contribution < -0.4 is 10.6 Å². The van der Waals surface area contributed by atoms with E-state index in [9.17, 15) is 9.59 Å². The molecule has 108 valence electrons. The van der Waals surface area contributed by atoms with E-state index in [2.05, 4.69) is 4.90 Å². The van der Waals surface area contributed by atoms with Crippen molar-refractivity contribution in [2.75, 3.05) is 32.1 Å². The predicted molar refractivity (Wildman–Crippen MR) is 78.8 cm³/mol. The summed E-state index contributed by atoms with van der Waals surface area (Å²) in [6.45, 7) is 1.59. The summed E-state index contributed by atoms with van der Waals surface area (Å²) < 4.78 is 0. The third-order valence-corrected chi connectivity index (χ3v) is 3.71. The van der Waals surface area contributed by atoms with Gasteiger partial charge in [0, 0.05) is 44.9 Å². The Kier molecular flexibility index (Phi) is 4.27. The second-order valence-corrected chi connectivity index (χ2v) is 5.30. The van der Waals surface area contributed by atoms with E-state index in [1.165, 1.54) is 0 Å². The van der Waals surface area contributed by atoms with Crippen molar-refractivity contribution in [1.29, 1.82) is 0 Å². The molecule has 0 atom stereocenters. The molecule has 2 rings (SSSR count). The molecule has 0 aliphatic carbocycles. The summed E-state index contributed by atoms with van der Waals surface area (Å²) in [5, 5.41) is 0. The van der Waals surface area contributed by atoms with Crippen LogP contribution in [0.1, 0.15) is 28.8 Å². The Labute approximate surface area is 119 Å². The molecular formula is C15H21N3O2. The van der Waals surface area contributed by atoms with E-state index in [1.54, 1.807) is 25.1 Å². The zero-order valence-electron chi connectivity index (χ0n) is 12.1. The van der Waals surface area contributed by atoms with Crippen LogP contribution in [0.4, 0.5) is 5.69 Å². The third kappa shape index (κ3) is 2.92. The molecule has 5 heteroatoms. The molecule has 0 spiro atoms. The Morgan fingerprint density at radius 3 is 2.75 bits per heavy atom. The molecule has 2 amide bonds. The van der Waals surface area contributed by atoms with E-state index in [-0.39, 0.29) is 11.8 Å². The van der Waals surface area contributed by atoms with E-state index >= 15 is 0 Å². The monoisotopic (exact) mass is 275 g/mol. The van der Waals surface area contributed by atoms with Crippen LogP contribution >= 0.6 is 0 Å². The maximum atomic E-state index is 11.7. The van der Waals surface area contributed by atoms with Gasteiger partial charge in [-0.15, -0.1) is 0 Å². The van der Waals surface area contributed by atoms with Crippen LogP contribution in [-0.2, 0) is 11.2 Å². The molecule has 1 aromatic rings. The molecule has 1 aromatic carbocycles. The number of hydrogen-bond acceptors (Lipinski definition) is 3. The third-order valence-electron chi connectivity index (χ3n) is 3.71. The van der Waals surface area contributed by atoms with Crippen molar-refractivity contribution in [3.8, 4) is 0 Å². The first-order valence-electron chi connectivity index (χ1n) is 6.87. The molecule has 20 heavy (non-hydrogen) atoms. The molecule has 0 aromatic heterocycles. The van der Waals surface area contributed by atoms with E-state index in [0.717, 1.165) is 30.6 Å². The highest BCUT2D eigenvalue weighted by Gasteiger charge is 2.21. The fourth-order valence-electron chi connectivity index (χ4n) is 2.62. The number of carbonyl (C=O) groups is 2. The van der Waals surface area contributed by atoms with Gasteiger partial charge in [-0.3, -0.25) is 9.59 Å². The summed E-state index contributed by atoms with van der Waals surface area (Å²) in [5.74, 6) is -0.267. The first kappa shape index (κ1) is 14.4. The van der Waals surface area contributed by atoms with E-state index in [4.69, 9.17) is 5.73 Å². The van der Waals surface area contributed by atoms with Gasteiger partial charge in [0.1, 0.15) is 0 Å². The van der Waals surface area contributed by atoms with E-state index < -0.39 is 0 Å². The van der Waals surface area contributed by atoms with Gasteiger partial charge in [-0.25, -0.2) is 0 Å². The average molecular weight is 275 g/mol. The van der Waals surface area contributed by atoms with Gasteiger partial charge in [0.05, 0.1) is 0 Å². The SMILES string of the molecule is CN(C)C(=O)CCN1CCCc2c(C(N)=O)cccc21. The molecule has 2 N–H and O–H groups in total. The first-order valence-corrected chi connectivity index (χ1v) is 6.87. The molecule has 1 aliphatic heterocycles. The minimum absolute atomic E-state index is 0.114. The fraction of sp³-hybridized carbons (Fsp3) is 0.467. The molecule has 5 nitrogen and oxygen atoms in total. The van der Waals surface area contributed by atoms with Gasteiger partial charge in [-0.05, 0) is 30.5 Å². The van der Waals surface area contributed by atoms with Crippen molar-refractivity contribution >= 4 is 17.5 Å². The molecule has 1 aliphatic rings. The van der Waals surface area contributed by atoms with Gasteiger partial charge < -0.3 is 15.5 Å². The smallest absolute Gasteiger partial charge is 0.249 e. The van der Waals surface area contributed by atoms with Crippen LogP contribution in [-0.4, -0.2) is 43.9 Å². The largest absolute Gasteiger partial charge is 0.371 e. The second kappa shape index (κ2) is 5.94. The van der Waals surface area contributed by atoms with Crippen molar-refractivity contribution in [2.24, 2.45) is 5.73 Å². The van der Waals surface area contributed by atoms with Gasteiger partial charge in [0.15, 0.2) is 0 Å². The highest BCUT2D eigenvalue weighted by molar-refractivity contribution is 5.96. The van der Waals surface area contributed by atoms with E-state index in [1.807, 2.05) is 12.1 Å². The molecular weight excluding hydrogens is 254 g/mol. The number of carbonyl (C=O) groups excluding carboxylic acids is 2. The quantitative estimate of drug-likeness (QED) is 0.892. The van der Waals surface area contributed by atoms with Crippen LogP contribution in [0.2, 0.25) is 0 Å². The number of primary amides is 1. The number of benzene rings is 1. The van der Waals surface area contributed by atoms with Gasteiger partial charge in [-0.2, -0.15) is 0 Å². The first-order chi connectivity index (χ1) is 9.50. The Morgan fingerprint density at radius 1 is 1.35 bits per heavy atom. The number of hydrogen-bond donors (Lipinski definition) is 1. The minimum atomic E-state index is -0.381.